The van der Waals surface area contributed by atoms with Crippen molar-refractivity contribution in [3.63, 3.8) is 0 Å². The average Bonchev–Trinajstić information content (AvgIpc) is 3.52. The zero-order valence-corrected chi connectivity index (χ0v) is 20.7. The van der Waals surface area contributed by atoms with Crippen LogP contribution in [-0.2, 0) is 4.79 Å². The summed E-state index contributed by atoms with van der Waals surface area (Å²) < 4.78 is 24.3. The van der Waals surface area contributed by atoms with Crippen LogP contribution in [0.4, 0.5) is 10.2 Å². The van der Waals surface area contributed by atoms with E-state index in [2.05, 4.69) is 21.1 Å². The molecule has 2 atom stereocenters. The Hall–Kier alpha value is -3.62. The molecule has 1 saturated carbocycles. The third kappa shape index (κ3) is 6.96. The summed E-state index contributed by atoms with van der Waals surface area (Å²) >= 11 is 0. The molecule has 0 unspecified atom stereocenters. The number of amides is 2. The van der Waals surface area contributed by atoms with Crippen molar-refractivity contribution in [2.75, 3.05) is 11.9 Å². The maximum atomic E-state index is 13.6. The van der Waals surface area contributed by atoms with Gasteiger partial charge in [0.1, 0.15) is 23.4 Å². The molecular formula is C27H33FN4O4. The number of hydrogen-bond acceptors (Lipinski definition) is 6. The first-order valence-corrected chi connectivity index (χ1v) is 12.5. The van der Waals surface area contributed by atoms with Gasteiger partial charge in [0.25, 0.3) is 5.91 Å². The van der Waals surface area contributed by atoms with E-state index in [9.17, 15) is 14.0 Å². The number of nitrogens with zero attached hydrogens (tertiary/aromatic N) is 1. The van der Waals surface area contributed by atoms with Crippen molar-refractivity contribution in [2.24, 2.45) is 5.92 Å². The van der Waals surface area contributed by atoms with Crippen LogP contribution in [0.2, 0.25) is 0 Å². The van der Waals surface area contributed by atoms with Gasteiger partial charge in [-0.15, -0.1) is 0 Å². The van der Waals surface area contributed by atoms with E-state index in [1.807, 2.05) is 13.8 Å². The predicted molar refractivity (Wildman–Crippen MR) is 134 cm³/mol. The van der Waals surface area contributed by atoms with Crippen LogP contribution in [0.25, 0.3) is 11.3 Å². The summed E-state index contributed by atoms with van der Waals surface area (Å²) in [4.78, 5) is 26.2. The third-order valence-electron chi connectivity index (χ3n) is 6.46. The van der Waals surface area contributed by atoms with E-state index in [0.29, 0.717) is 41.8 Å². The zero-order chi connectivity index (χ0) is 25.5. The molecule has 9 heteroatoms. The van der Waals surface area contributed by atoms with Crippen molar-refractivity contribution >= 4 is 17.6 Å². The number of carbonyl (C=O) groups excluding carboxylic acids is 2. The first-order valence-electron chi connectivity index (χ1n) is 12.5. The number of benzene rings is 1. The molecule has 192 valence electrons. The molecule has 1 aliphatic carbocycles. The lowest BCUT2D eigenvalue weighted by molar-refractivity contribution is -0.124. The second-order valence-electron chi connectivity index (χ2n) is 9.55. The molecule has 4 rings (SSSR count). The van der Waals surface area contributed by atoms with Crippen LogP contribution in [0.1, 0.15) is 61.8 Å². The molecule has 0 bridgehead atoms. The minimum absolute atomic E-state index is 0.0758. The van der Waals surface area contributed by atoms with Gasteiger partial charge in [-0.3, -0.25) is 9.59 Å². The van der Waals surface area contributed by atoms with Crippen LogP contribution in [0, 0.1) is 18.7 Å². The van der Waals surface area contributed by atoms with Gasteiger partial charge in [0, 0.05) is 24.2 Å². The number of rotatable bonds is 10. The molecule has 0 radical (unpaired) electrons. The Morgan fingerprint density at radius 2 is 1.92 bits per heavy atom. The molecule has 0 spiro atoms. The summed E-state index contributed by atoms with van der Waals surface area (Å²) in [7, 11) is 0. The van der Waals surface area contributed by atoms with Crippen molar-refractivity contribution in [3.8, 4) is 11.3 Å². The lowest BCUT2D eigenvalue weighted by Gasteiger charge is -2.27. The van der Waals surface area contributed by atoms with Crippen molar-refractivity contribution in [1.29, 1.82) is 0 Å². The molecule has 0 saturated heterocycles. The number of hydrogen-bond donors (Lipinski definition) is 3. The molecule has 8 nitrogen and oxygen atoms in total. The normalized spacial score (nSPS) is 15.8. The zero-order valence-electron chi connectivity index (χ0n) is 20.7. The van der Waals surface area contributed by atoms with Crippen molar-refractivity contribution < 1.29 is 22.9 Å². The Morgan fingerprint density at radius 3 is 2.64 bits per heavy atom. The Kier molecular flexibility index (Phi) is 8.40. The second kappa shape index (κ2) is 11.9. The molecule has 0 aliphatic heterocycles. The van der Waals surface area contributed by atoms with Gasteiger partial charge in [0.2, 0.25) is 5.91 Å². The summed E-state index contributed by atoms with van der Waals surface area (Å²) in [6, 6.07) is 10.0. The molecule has 2 amide bonds. The minimum Gasteiger partial charge on any atom is -0.451 e. The summed E-state index contributed by atoms with van der Waals surface area (Å²) in [5.74, 6) is 1.04. The number of carbonyl (C=O) groups is 2. The largest absolute Gasteiger partial charge is 0.451 e. The van der Waals surface area contributed by atoms with Gasteiger partial charge >= 0.3 is 0 Å². The first kappa shape index (κ1) is 25.5. The highest BCUT2D eigenvalue weighted by Gasteiger charge is 2.28. The van der Waals surface area contributed by atoms with E-state index in [-0.39, 0.29) is 23.5 Å². The highest BCUT2D eigenvalue weighted by atomic mass is 19.1. The third-order valence-corrected chi connectivity index (χ3v) is 6.46. The molecule has 2 heterocycles. The van der Waals surface area contributed by atoms with E-state index in [1.54, 1.807) is 24.3 Å². The van der Waals surface area contributed by atoms with Crippen LogP contribution in [0.15, 0.2) is 51.4 Å². The van der Waals surface area contributed by atoms with Gasteiger partial charge in [0.05, 0.1) is 0 Å². The number of anilines is 1. The van der Waals surface area contributed by atoms with Gasteiger partial charge in [-0.25, -0.2) is 4.39 Å². The molecule has 1 aromatic carbocycles. The van der Waals surface area contributed by atoms with E-state index in [4.69, 9.17) is 8.94 Å². The van der Waals surface area contributed by atoms with Crippen LogP contribution in [0.3, 0.4) is 0 Å². The van der Waals surface area contributed by atoms with E-state index in [1.165, 1.54) is 24.6 Å². The van der Waals surface area contributed by atoms with Crippen molar-refractivity contribution in [2.45, 2.75) is 64.5 Å². The van der Waals surface area contributed by atoms with Gasteiger partial charge in [-0.1, -0.05) is 49.4 Å². The van der Waals surface area contributed by atoms with E-state index in [0.717, 1.165) is 25.7 Å². The SMILES string of the molecule is Cc1cc(NC[C@H](C)NC(=O)[C@H](CC2CCCCC2)NC(=O)c2ccc(-c3cccc(F)c3)o2)no1. The Labute approximate surface area is 210 Å². The van der Waals surface area contributed by atoms with E-state index < -0.39 is 11.9 Å². The van der Waals surface area contributed by atoms with Crippen LogP contribution in [-0.4, -0.2) is 35.6 Å². The summed E-state index contributed by atoms with van der Waals surface area (Å²) in [6.07, 6.45) is 6.15. The van der Waals surface area contributed by atoms with Crippen molar-refractivity contribution in [3.05, 3.63) is 59.8 Å². The average molecular weight is 497 g/mol. The van der Waals surface area contributed by atoms with Gasteiger partial charge < -0.3 is 24.9 Å². The smallest absolute Gasteiger partial charge is 0.287 e. The number of nitrogens with one attached hydrogen (secondary N) is 3. The number of aromatic nitrogens is 1. The molecule has 3 N–H and O–H groups in total. The Balaban J connectivity index is 1.40. The highest BCUT2D eigenvalue weighted by Crippen LogP contribution is 2.28. The van der Waals surface area contributed by atoms with E-state index >= 15 is 0 Å². The van der Waals surface area contributed by atoms with Crippen molar-refractivity contribution in [1.82, 2.24) is 15.8 Å². The maximum Gasteiger partial charge on any atom is 0.287 e. The Bertz CT molecular complexity index is 1170. The molecule has 2 aromatic heterocycles. The quantitative estimate of drug-likeness (QED) is 0.362. The van der Waals surface area contributed by atoms with Crippen LogP contribution < -0.4 is 16.0 Å². The fourth-order valence-corrected chi connectivity index (χ4v) is 4.58. The maximum absolute atomic E-state index is 13.6. The molecule has 1 aliphatic rings. The summed E-state index contributed by atoms with van der Waals surface area (Å²) in [5.41, 5.74) is 0.536. The summed E-state index contributed by atoms with van der Waals surface area (Å²) in [6.45, 7) is 4.15. The lowest BCUT2D eigenvalue weighted by atomic mass is 9.84. The molecule has 36 heavy (non-hydrogen) atoms. The summed E-state index contributed by atoms with van der Waals surface area (Å²) in [5, 5.41) is 12.9. The second-order valence-corrected chi connectivity index (χ2v) is 9.55. The molecule has 1 fully saturated rings. The Morgan fingerprint density at radius 1 is 1.11 bits per heavy atom. The number of aryl methyl sites for hydroxylation is 1. The molecule has 3 aromatic rings. The van der Waals surface area contributed by atoms with Gasteiger partial charge in [-0.05, 0) is 50.5 Å². The molecular weight excluding hydrogens is 463 g/mol. The lowest BCUT2D eigenvalue weighted by Crippen LogP contribution is -2.51. The number of furan rings is 1. The fourth-order valence-electron chi connectivity index (χ4n) is 4.58. The monoisotopic (exact) mass is 496 g/mol. The number of halogens is 1. The first-order chi connectivity index (χ1) is 17.4. The standard InChI is InChI=1S/C27H33FN4O4/c1-17(16-29-25-13-18(2)36-32-25)30-26(33)22(14-19-7-4-3-5-8-19)31-27(34)24-12-11-23(35-24)20-9-6-10-21(28)15-20/h6,9-13,15,17,19,22H,3-5,7-8,14,16H2,1-2H3,(H,29,32)(H,30,33)(H,31,34)/t17-,22-/m0/s1. The fraction of sp³-hybridized carbons (Fsp3) is 0.444. The topological polar surface area (TPSA) is 109 Å². The van der Waals surface area contributed by atoms with Gasteiger partial charge in [0.15, 0.2) is 11.6 Å². The van der Waals surface area contributed by atoms with Crippen LogP contribution >= 0.6 is 0 Å². The predicted octanol–water partition coefficient (Wildman–Crippen LogP) is 5.07. The highest BCUT2D eigenvalue weighted by molar-refractivity contribution is 5.96. The van der Waals surface area contributed by atoms with Gasteiger partial charge in [-0.2, -0.15) is 0 Å². The van der Waals surface area contributed by atoms with Crippen LogP contribution in [0.5, 0.6) is 0 Å². The minimum atomic E-state index is -0.694.